The zero-order valence-corrected chi connectivity index (χ0v) is 21.2. The minimum atomic E-state index is -0.750. The molecular formula is C26H41ClO6. The Balaban J connectivity index is 1.54. The molecule has 33 heavy (non-hydrogen) atoms. The molecule has 4 saturated carbocycles. The Morgan fingerprint density at radius 3 is 2.48 bits per heavy atom. The van der Waals surface area contributed by atoms with E-state index >= 15 is 0 Å². The largest absolute Gasteiger partial charge is 0.469 e. The van der Waals surface area contributed by atoms with Gasteiger partial charge in [-0.15, -0.1) is 0 Å². The van der Waals surface area contributed by atoms with Crippen molar-refractivity contribution in [3.63, 3.8) is 0 Å². The summed E-state index contributed by atoms with van der Waals surface area (Å²) in [6.45, 7) is 6.78. The number of esters is 1. The summed E-state index contributed by atoms with van der Waals surface area (Å²) in [5.41, 5.74) is -0.970. The molecule has 0 unspecified atom stereocenters. The Bertz CT molecular complexity index is 759. The Morgan fingerprint density at radius 1 is 1.09 bits per heavy atom. The molecule has 4 rings (SSSR count). The first-order valence-electron chi connectivity index (χ1n) is 12.8. The van der Waals surface area contributed by atoms with Gasteiger partial charge in [0.05, 0.1) is 19.3 Å². The summed E-state index contributed by atoms with van der Waals surface area (Å²) in [5.74, 6) is 1.46. The van der Waals surface area contributed by atoms with E-state index in [0.29, 0.717) is 24.7 Å². The van der Waals surface area contributed by atoms with Crippen LogP contribution in [0.1, 0.15) is 78.6 Å². The fraction of sp³-hybridized carbons (Fsp3) is 0.923. The number of aliphatic hydroxyl groups excluding tert-OH is 2. The zero-order valence-electron chi connectivity index (χ0n) is 20.5. The van der Waals surface area contributed by atoms with E-state index in [1.165, 1.54) is 7.11 Å². The molecule has 4 aliphatic rings. The highest BCUT2D eigenvalue weighted by atomic mass is 35.5. The SMILES string of the molecule is COC(=O)CC[C@@H](C)[C@H]1CC[C@H]2[C@@H]3[C@H](O)C[C@@H]4C[C@H](OC(=O)Cl)CC[C@]4(C)[C@H]3C[C@H](O)[C@]12C. The highest BCUT2D eigenvalue weighted by molar-refractivity contribution is 6.61. The van der Waals surface area contributed by atoms with Crippen molar-refractivity contribution in [2.45, 2.75) is 96.9 Å². The summed E-state index contributed by atoms with van der Waals surface area (Å²) in [7, 11) is 1.43. The lowest BCUT2D eigenvalue weighted by atomic mass is 9.43. The zero-order chi connectivity index (χ0) is 24.1. The van der Waals surface area contributed by atoms with Crippen molar-refractivity contribution in [1.29, 1.82) is 0 Å². The lowest BCUT2D eigenvalue weighted by Gasteiger charge is -2.63. The van der Waals surface area contributed by atoms with Crippen molar-refractivity contribution in [2.24, 2.45) is 46.3 Å². The number of rotatable bonds is 5. The molecule has 0 amide bonds. The standard InChI is InChI=1S/C26H41ClO6/c1-14(5-8-22(30)32-4)17-6-7-18-23-19(13-21(29)26(17,18)3)25(2)10-9-16(33-24(27)31)11-15(25)12-20(23)28/h14-21,23,28-29H,5-13H2,1-4H3/t14-,15+,16-,17-,18+,19+,20-,21+,23+,25+,26-/m1/s1. The molecule has 0 aromatic heterocycles. The van der Waals surface area contributed by atoms with Gasteiger partial charge in [-0.1, -0.05) is 20.8 Å². The van der Waals surface area contributed by atoms with Crippen LogP contribution in [-0.4, -0.2) is 47.0 Å². The molecule has 4 fully saturated rings. The van der Waals surface area contributed by atoms with Gasteiger partial charge in [-0.2, -0.15) is 0 Å². The van der Waals surface area contributed by atoms with Crippen LogP contribution >= 0.6 is 11.6 Å². The van der Waals surface area contributed by atoms with Crippen molar-refractivity contribution in [1.82, 2.24) is 0 Å². The molecule has 188 valence electrons. The van der Waals surface area contributed by atoms with Gasteiger partial charge in [0.25, 0.3) is 0 Å². The molecule has 0 heterocycles. The molecular weight excluding hydrogens is 444 g/mol. The minimum Gasteiger partial charge on any atom is -0.469 e. The third-order valence-electron chi connectivity index (χ3n) is 10.8. The number of hydrogen-bond donors (Lipinski definition) is 2. The molecule has 0 aliphatic heterocycles. The van der Waals surface area contributed by atoms with Crippen LogP contribution in [0.25, 0.3) is 0 Å². The number of halogens is 1. The second kappa shape index (κ2) is 9.31. The van der Waals surface area contributed by atoms with Gasteiger partial charge in [-0.05, 0) is 97.7 Å². The van der Waals surface area contributed by atoms with Gasteiger partial charge in [-0.25, -0.2) is 4.79 Å². The Hall–Kier alpha value is -0.850. The second-order valence-electron chi connectivity index (χ2n) is 11.9. The average Bonchev–Trinajstić information content (AvgIpc) is 3.11. The van der Waals surface area contributed by atoms with Crippen molar-refractivity contribution < 1.29 is 29.3 Å². The van der Waals surface area contributed by atoms with Crippen LogP contribution in [0.3, 0.4) is 0 Å². The lowest BCUT2D eigenvalue weighted by Crippen LogP contribution is -2.62. The highest BCUT2D eigenvalue weighted by Gasteiger charge is 2.65. The molecule has 0 bridgehead atoms. The van der Waals surface area contributed by atoms with Crippen molar-refractivity contribution >= 4 is 23.0 Å². The van der Waals surface area contributed by atoms with Gasteiger partial charge in [0, 0.05) is 18.0 Å². The van der Waals surface area contributed by atoms with E-state index in [2.05, 4.69) is 20.8 Å². The first-order valence-corrected chi connectivity index (χ1v) is 13.2. The predicted octanol–water partition coefficient (Wildman–Crippen LogP) is 4.92. The van der Waals surface area contributed by atoms with Gasteiger partial charge in [0.2, 0.25) is 0 Å². The summed E-state index contributed by atoms with van der Waals surface area (Å²) in [6.07, 6.45) is 6.11. The smallest absolute Gasteiger partial charge is 0.404 e. The van der Waals surface area contributed by atoms with Crippen LogP contribution in [0, 0.1) is 46.3 Å². The number of fused-ring (bicyclic) bond motifs is 5. The summed E-state index contributed by atoms with van der Waals surface area (Å²) < 4.78 is 10.1. The number of aliphatic hydroxyl groups is 2. The molecule has 4 aliphatic carbocycles. The molecule has 0 saturated heterocycles. The van der Waals surface area contributed by atoms with E-state index in [0.717, 1.165) is 44.9 Å². The average molecular weight is 485 g/mol. The Labute approximate surface area is 202 Å². The summed E-state index contributed by atoms with van der Waals surface area (Å²) >= 11 is 5.47. The fourth-order valence-electron chi connectivity index (χ4n) is 9.00. The number of hydrogen-bond acceptors (Lipinski definition) is 6. The molecule has 7 heteroatoms. The number of methoxy groups -OCH3 is 1. The maximum Gasteiger partial charge on any atom is 0.404 e. The number of carbonyl (C=O) groups is 2. The van der Waals surface area contributed by atoms with Crippen molar-refractivity contribution in [3.05, 3.63) is 0 Å². The van der Waals surface area contributed by atoms with E-state index in [4.69, 9.17) is 21.1 Å². The van der Waals surface area contributed by atoms with Crippen LogP contribution in [0.4, 0.5) is 4.79 Å². The third-order valence-corrected chi connectivity index (χ3v) is 10.9. The second-order valence-corrected chi connectivity index (χ2v) is 12.3. The van der Waals surface area contributed by atoms with Gasteiger partial charge in [-0.3, -0.25) is 4.79 Å². The molecule has 0 spiro atoms. The van der Waals surface area contributed by atoms with Gasteiger partial charge < -0.3 is 19.7 Å². The predicted molar refractivity (Wildman–Crippen MR) is 125 cm³/mol. The quantitative estimate of drug-likeness (QED) is 0.425. The fourth-order valence-corrected chi connectivity index (χ4v) is 9.13. The van der Waals surface area contributed by atoms with Gasteiger partial charge >= 0.3 is 11.4 Å². The lowest BCUT2D eigenvalue weighted by molar-refractivity contribution is -0.206. The maximum absolute atomic E-state index is 11.7. The highest BCUT2D eigenvalue weighted by Crippen LogP contribution is 2.68. The third kappa shape index (κ3) is 4.23. The number of ether oxygens (including phenoxy) is 2. The van der Waals surface area contributed by atoms with E-state index < -0.39 is 17.6 Å². The van der Waals surface area contributed by atoms with Crippen molar-refractivity contribution in [3.8, 4) is 0 Å². The molecule has 11 atom stereocenters. The topological polar surface area (TPSA) is 93.1 Å². The van der Waals surface area contributed by atoms with Crippen LogP contribution in [0.5, 0.6) is 0 Å². The Morgan fingerprint density at radius 2 is 1.82 bits per heavy atom. The van der Waals surface area contributed by atoms with E-state index in [1.54, 1.807) is 0 Å². The molecule has 0 aromatic carbocycles. The first kappa shape index (κ1) is 25.2. The van der Waals surface area contributed by atoms with Gasteiger partial charge in [0.15, 0.2) is 0 Å². The van der Waals surface area contributed by atoms with Crippen LogP contribution in [-0.2, 0) is 14.3 Å². The van der Waals surface area contributed by atoms with Crippen LogP contribution < -0.4 is 0 Å². The molecule has 0 aromatic rings. The summed E-state index contributed by atoms with van der Waals surface area (Å²) in [6, 6.07) is 0. The maximum atomic E-state index is 11.7. The Kier molecular flexibility index (Phi) is 7.12. The van der Waals surface area contributed by atoms with Crippen LogP contribution in [0.2, 0.25) is 0 Å². The number of carbonyl (C=O) groups excluding carboxylic acids is 2. The van der Waals surface area contributed by atoms with Gasteiger partial charge in [0.1, 0.15) is 6.10 Å². The molecule has 0 radical (unpaired) electrons. The summed E-state index contributed by atoms with van der Waals surface area (Å²) in [5, 5.41) is 23.1. The normalized spacial score (nSPS) is 47.6. The molecule has 6 nitrogen and oxygen atoms in total. The summed E-state index contributed by atoms with van der Waals surface area (Å²) in [4.78, 5) is 23.0. The van der Waals surface area contributed by atoms with Crippen molar-refractivity contribution in [2.75, 3.05) is 7.11 Å². The van der Waals surface area contributed by atoms with E-state index in [1.807, 2.05) is 0 Å². The van der Waals surface area contributed by atoms with Crippen LogP contribution in [0.15, 0.2) is 0 Å². The minimum absolute atomic E-state index is 0.0238. The monoisotopic (exact) mass is 484 g/mol. The van der Waals surface area contributed by atoms with E-state index in [-0.39, 0.29) is 46.6 Å². The van der Waals surface area contributed by atoms with E-state index in [9.17, 15) is 19.8 Å². The molecule has 2 N–H and O–H groups in total. The first-order chi connectivity index (χ1) is 15.5.